The highest BCUT2D eigenvalue weighted by Gasteiger charge is 2.51. The number of nitrogens with zero attached hydrogens (tertiary/aromatic N) is 1. The molecule has 2 aromatic carbocycles. The largest absolute Gasteiger partial charge is 0.525 e. The summed E-state index contributed by atoms with van der Waals surface area (Å²) in [6, 6.07) is 6.21. The number of ether oxygens (including phenoxy) is 2. The molecule has 0 bridgehead atoms. The van der Waals surface area contributed by atoms with E-state index in [1.54, 1.807) is 13.8 Å². The number of carbonyl (C=O) groups is 3. The zero-order valence-electron chi connectivity index (χ0n) is 15.2. The molecule has 0 spiro atoms. The fraction of sp³-hybridized carbons (Fsp3) is 0.235. The van der Waals surface area contributed by atoms with Crippen molar-refractivity contribution in [3.05, 3.63) is 41.5 Å². The quantitative estimate of drug-likeness (QED) is 0.304. The Morgan fingerprint density at radius 3 is 2.30 bits per heavy atom. The van der Waals surface area contributed by atoms with Gasteiger partial charge in [-0.05, 0) is 37.4 Å². The molecule has 0 saturated carbocycles. The van der Waals surface area contributed by atoms with E-state index < -0.39 is 50.3 Å². The van der Waals surface area contributed by atoms with Crippen LogP contribution in [-0.4, -0.2) is 43.1 Å². The highest BCUT2D eigenvalue weighted by Crippen LogP contribution is 2.35. The first-order valence-electron chi connectivity index (χ1n) is 8.16. The number of halogens is 3. The van der Waals surface area contributed by atoms with E-state index in [0.717, 1.165) is 6.07 Å². The van der Waals surface area contributed by atoms with Crippen molar-refractivity contribution in [3.63, 3.8) is 0 Å². The SMILES string of the molecule is CC(C)OC(=O)Oc1cc2c3c(cccc3c1)C(=O)N(OS(=O)(=O)C(F)(F)F)C2=O. The van der Waals surface area contributed by atoms with Gasteiger partial charge in [-0.3, -0.25) is 9.59 Å². The summed E-state index contributed by atoms with van der Waals surface area (Å²) >= 11 is 0. The lowest BCUT2D eigenvalue weighted by Gasteiger charge is -2.25. The van der Waals surface area contributed by atoms with Crippen molar-refractivity contribution in [1.29, 1.82) is 0 Å². The van der Waals surface area contributed by atoms with Crippen LogP contribution in [0.1, 0.15) is 34.6 Å². The van der Waals surface area contributed by atoms with Crippen LogP contribution < -0.4 is 4.74 Å². The van der Waals surface area contributed by atoms with Crippen LogP contribution in [0, 0.1) is 0 Å². The van der Waals surface area contributed by atoms with Gasteiger partial charge in [-0.2, -0.15) is 21.6 Å². The Hall–Kier alpha value is -3.19. The summed E-state index contributed by atoms with van der Waals surface area (Å²) in [6.45, 7) is 3.12. The van der Waals surface area contributed by atoms with E-state index in [1.165, 1.54) is 24.3 Å². The summed E-state index contributed by atoms with van der Waals surface area (Å²) in [7, 11) is -6.30. The molecule has 0 unspecified atom stereocenters. The number of benzene rings is 2. The van der Waals surface area contributed by atoms with Crippen LogP contribution >= 0.6 is 0 Å². The smallest absolute Gasteiger partial charge is 0.431 e. The summed E-state index contributed by atoms with van der Waals surface area (Å²) in [5, 5.41) is -0.241. The Balaban J connectivity index is 2.08. The highest BCUT2D eigenvalue weighted by atomic mass is 32.2. The van der Waals surface area contributed by atoms with Crippen LogP contribution in [0.15, 0.2) is 30.3 Å². The molecule has 0 aromatic heterocycles. The second kappa shape index (κ2) is 7.25. The van der Waals surface area contributed by atoms with Gasteiger partial charge in [0.1, 0.15) is 5.75 Å². The minimum Gasteiger partial charge on any atom is -0.431 e. The highest BCUT2D eigenvalue weighted by molar-refractivity contribution is 7.87. The Kier molecular flexibility index (Phi) is 5.20. The zero-order valence-corrected chi connectivity index (χ0v) is 16.0. The molecule has 9 nitrogen and oxygen atoms in total. The van der Waals surface area contributed by atoms with E-state index in [2.05, 4.69) is 4.28 Å². The van der Waals surface area contributed by atoms with Crippen molar-refractivity contribution in [2.24, 2.45) is 0 Å². The van der Waals surface area contributed by atoms with Crippen LogP contribution in [0.5, 0.6) is 5.75 Å². The molecular weight excluding hydrogens is 435 g/mol. The van der Waals surface area contributed by atoms with E-state index >= 15 is 0 Å². The normalized spacial score (nSPS) is 14.4. The number of carbonyl (C=O) groups excluding carboxylic acids is 3. The average Bonchev–Trinajstić information content (AvgIpc) is 2.61. The van der Waals surface area contributed by atoms with Gasteiger partial charge in [0.15, 0.2) is 0 Å². The van der Waals surface area contributed by atoms with Crippen molar-refractivity contribution < 1.29 is 49.7 Å². The predicted molar refractivity (Wildman–Crippen MR) is 92.8 cm³/mol. The molecule has 0 fully saturated rings. The Labute approximate surface area is 167 Å². The zero-order chi connectivity index (χ0) is 22.4. The number of rotatable bonds is 4. The van der Waals surface area contributed by atoms with Crippen LogP contribution in [0.2, 0.25) is 0 Å². The van der Waals surface area contributed by atoms with Gasteiger partial charge in [-0.15, -0.1) is 9.35 Å². The number of amides is 2. The summed E-state index contributed by atoms with van der Waals surface area (Å²) in [5.41, 5.74) is -6.56. The Bertz CT molecular complexity index is 1170. The first-order chi connectivity index (χ1) is 13.8. The predicted octanol–water partition coefficient (Wildman–Crippen LogP) is 3.14. The van der Waals surface area contributed by atoms with Gasteiger partial charge in [-0.1, -0.05) is 12.1 Å². The van der Waals surface area contributed by atoms with Gasteiger partial charge in [0.05, 0.1) is 17.2 Å². The number of hydrogen-bond donors (Lipinski definition) is 0. The molecule has 0 atom stereocenters. The van der Waals surface area contributed by atoms with E-state index in [9.17, 15) is 36.0 Å². The van der Waals surface area contributed by atoms with Gasteiger partial charge in [0, 0.05) is 5.39 Å². The lowest BCUT2D eigenvalue weighted by Crippen LogP contribution is -2.44. The molecule has 2 aromatic rings. The van der Waals surface area contributed by atoms with E-state index in [1.807, 2.05) is 0 Å². The summed E-state index contributed by atoms with van der Waals surface area (Å²) in [6.07, 6.45) is -1.63. The molecule has 0 saturated heterocycles. The van der Waals surface area contributed by atoms with Gasteiger partial charge in [-0.25, -0.2) is 4.79 Å². The molecular formula is C17H12F3NO8S. The maximum atomic E-state index is 12.6. The molecule has 160 valence electrons. The summed E-state index contributed by atoms with van der Waals surface area (Å²) in [4.78, 5) is 36.8. The van der Waals surface area contributed by atoms with Gasteiger partial charge >= 0.3 is 21.8 Å². The fourth-order valence-corrected chi connectivity index (χ4v) is 3.05. The molecule has 1 aliphatic heterocycles. The molecule has 30 heavy (non-hydrogen) atoms. The lowest BCUT2D eigenvalue weighted by molar-refractivity contribution is -0.0761. The van der Waals surface area contributed by atoms with Crippen LogP contribution in [0.3, 0.4) is 0 Å². The van der Waals surface area contributed by atoms with Gasteiger partial charge in [0.25, 0.3) is 11.8 Å². The number of hydrogen-bond acceptors (Lipinski definition) is 8. The van der Waals surface area contributed by atoms with E-state index in [-0.39, 0.29) is 22.1 Å². The molecule has 2 amide bonds. The molecule has 0 aliphatic carbocycles. The molecule has 1 aliphatic rings. The first-order valence-corrected chi connectivity index (χ1v) is 9.57. The Morgan fingerprint density at radius 2 is 1.70 bits per heavy atom. The third-order valence-electron chi connectivity index (χ3n) is 3.77. The van der Waals surface area contributed by atoms with Crippen molar-refractivity contribution in [3.8, 4) is 5.75 Å². The second-order valence-corrected chi connectivity index (χ2v) is 7.79. The van der Waals surface area contributed by atoms with E-state index in [0.29, 0.717) is 0 Å². The monoisotopic (exact) mass is 447 g/mol. The van der Waals surface area contributed by atoms with Crippen LogP contribution in [-0.2, 0) is 19.1 Å². The molecule has 0 N–H and O–H groups in total. The third-order valence-corrected chi connectivity index (χ3v) is 4.68. The topological polar surface area (TPSA) is 116 Å². The molecule has 3 rings (SSSR count). The van der Waals surface area contributed by atoms with Crippen LogP contribution in [0.25, 0.3) is 10.8 Å². The lowest BCUT2D eigenvalue weighted by atomic mass is 9.95. The number of alkyl halides is 3. The van der Waals surface area contributed by atoms with Crippen molar-refractivity contribution in [1.82, 2.24) is 5.06 Å². The Morgan fingerprint density at radius 1 is 1.07 bits per heavy atom. The van der Waals surface area contributed by atoms with Crippen molar-refractivity contribution in [2.45, 2.75) is 25.5 Å². The van der Waals surface area contributed by atoms with Crippen LogP contribution in [0.4, 0.5) is 18.0 Å². The van der Waals surface area contributed by atoms with Crippen molar-refractivity contribution >= 4 is 38.9 Å². The van der Waals surface area contributed by atoms with Gasteiger partial charge in [0.2, 0.25) is 0 Å². The van der Waals surface area contributed by atoms with Gasteiger partial charge < -0.3 is 9.47 Å². The minimum absolute atomic E-state index is 0.0290. The summed E-state index contributed by atoms with van der Waals surface area (Å²) in [5.74, 6) is -3.11. The molecule has 1 heterocycles. The molecule has 0 radical (unpaired) electrons. The second-order valence-electron chi connectivity index (χ2n) is 6.27. The first kappa shape index (κ1) is 21.5. The minimum atomic E-state index is -6.30. The standard InChI is InChI=1S/C17H12F3NO8S/c1-8(2)27-16(24)28-10-6-9-4-3-5-11-13(9)12(7-10)15(23)21(14(11)22)29-30(25,26)17(18,19)20/h3-8H,1-2H3. The number of hydroxylamine groups is 2. The third kappa shape index (κ3) is 3.80. The average molecular weight is 447 g/mol. The maximum Gasteiger partial charge on any atom is 0.525 e. The summed E-state index contributed by atoms with van der Waals surface area (Å²) < 4.78 is 74.1. The molecule has 13 heteroatoms. The van der Waals surface area contributed by atoms with E-state index in [4.69, 9.17) is 9.47 Å². The van der Waals surface area contributed by atoms with Crippen molar-refractivity contribution in [2.75, 3.05) is 0 Å². The maximum absolute atomic E-state index is 12.6. The fourth-order valence-electron chi connectivity index (χ4n) is 2.64. The number of imide groups is 1.